The molecule has 0 N–H and O–H groups in total. The minimum Gasteiger partial charge on any atom is -0.496 e. The highest BCUT2D eigenvalue weighted by atomic mass is 16.5. The highest BCUT2D eigenvalue weighted by Crippen LogP contribution is 2.25. The number of rotatable bonds is 8. The Balaban J connectivity index is 1.86. The first-order chi connectivity index (χ1) is 12.0. The molecule has 0 aromatic heterocycles. The Bertz CT molecular complexity index is 715. The van der Waals surface area contributed by atoms with E-state index in [9.17, 15) is 4.79 Å². The van der Waals surface area contributed by atoms with Crippen LogP contribution < -0.4 is 14.2 Å². The Hall–Kier alpha value is -2.69. The van der Waals surface area contributed by atoms with Crippen molar-refractivity contribution in [3.8, 4) is 17.2 Å². The summed E-state index contributed by atoms with van der Waals surface area (Å²) < 4.78 is 16.3. The summed E-state index contributed by atoms with van der Waals surface area (Å²) in [7, 11) is 5.02. The molecule has 0 aliphatic heterocycles. The SMILES string of the molecule is COc1cc(CC(=O)N(C)CCOc2ccccc2OC)ccc1C. The van der Waals surface area contributed by atoms with Crippen molar-refractivity contribution in [2.45, 2.75) is 13.3 Å². The van der Waals surface area contributed by atoms with Gasteiger partial charge in [0.25, 0.3) is 0 Å². The van der Waals surface area contributed by atoms with Gasteiger partial charge in [-0.3, -0.25) is 4.79 Å². The topological polar surface area (TPSA) is 48.0 Å². The maximum absolute atomic E-state index is 12.4. The van der Waals surface area contributed by atoms with Gasteiger partial charge in [-0.1, -0.05) is 24.3 Å². The van der Waals surface area contributed by atoms with Crippen LogP contribution in [0.1, 0.15) is 11.1 Å². The van der Waals surface area contributed by atoms with E-state index in [1.165, 1.54) is 0 Å². The minimum absolute atomic E-state index is 0.0366. The molecule has 0 saturated heterocycles. The fraction of sp³-hybridized carbons (Fsp3) is 0.350. The van der Waals surface area contributed by atoms with Gasteiger partial charge in [-0.25, -0.2) is 0 Å². The lowest BCUT2D eigenvalue weighted by atomic mass is 10.1. The van der Waals surface area contributed by atoms with E-state index < -0.39 is 0 Å². The molecule has 0 heterocycles. The van der Waals surface area contributed by atoms with E-state index in [1.54, 1.807) is 26.2 Å². The lowest BCUT2D eigenvalue weighted by Crippen LogP contribution is -2.32. The molecule has 0 saturated carbocycles. The second kappa shape index (κ2) is 8.97. The number of aryl methyl sites for hydroxylation is 1. The summed E-state index contributed by atoms with van der Waals surface area (Å²) in [5, 5.41) is 0. The van der Waals surface area contributed by atoms with Crippen molar-refractivity contribution in [3.05, 3.63) is 53.6 Å². The molecule has 0 aliphatic rings. The van der Waals surface area contributed by atoms with Gasteiger partial charge in [0.1, 0.15) is 12.4 Å². The summed E-state index contributed by atoms with van der Waals surface area (Å²) >= 11 is 0. The van der Waals surface area contributed by atoms with Crippen LogP contribution in [0.5, 0.6) is 17.2 Å². The van der Waals surface area contributed by atoms with Crippen molar-refractivity contribution in [1.29, 1.82) is 0 Å². The molecule has 2 aromatic rings. The number of carbonyl (C=O) groups excluding carboxylic acids is 1. The van der Waals surface area contributed by atoms with Crippen molar-refractivity contribution in [1.82, 2.24) is 4.90 Å². The van der Waals surface area contributed by atoms with Gasteiger partial charge in [0.15, 0.2) is 11.5 Å². The van der Waals surface area contributed by atoms with Crippen LogP contribution >= 0.6 is 0 Å². The predicted molar refractivity (Wildman–Crippen MR) is 97.6 cm³/mol. The lowest BCUT2D eigenvalue weighted by molar-refractivity contribution is -0.129. The number of hydrogen-bond acceptors (Lipinski definition) is 4. The van der Waals surface area contributed by atoms with Crippen LogP contribution in [-0.2, 0) is 11.2 Å². The summed E-state index contributed by atoms with van der Waals surface area (Å²) in [6.45, 7) is 2.88. The Morgan fingerprint density at radius 3 is 2.36 bits per heavy atom. The Morgan fingerprint density at radius 2 is 1.68 bits per heavy atom. The third-order valence-electron chi connectivity index (χ3n) is 4.01. The number of para-hydroxylation sites is 2. The molecular formula is C20H25NO4. The number of carbonyl (C=O) groups is 1. The Kier molecular flexibility index (Phi) is 6.69. The van der Waals surface area contributed by atoms with Gasteiger partial charge in [0.05, 0.1) is 27.2 Å². The molecule has 5 nitrogen and oxygen atoms in total. The fourth-order valence-electron chi connectivity index (χ4n) is 2.44. The van der Waals surface area contributed by atoms with Crippen molar-refractivity contribution in [2.24, 2.45) is 0 Å². The van der Waals surface area contributed by atoms with Crippen LogP contribution in [0.15, 0.2) is 42.5 Å². The first kappa shape index (κ1) is 18.6. The van der Waals surface area contributed by atoms with Gasteiger partial charge in [0, 0.05) is 7.05 Å². The largest absolute Gasteiger partial charge is 0.496 e. The first-order valence-corrected chi connectivity index (χ1v) is 8.18. The maximum Gasteiger partial charge on any atom is 0.226 e. The number of likely N-dealkylation sites (N-methyl/N-ethyl adjacent to an activating group) is 1. The first-order valence-electron chi connectivity index (χ1n) is 8.18. The van der Waals surface area contributed by atoms with Gasteiger partial charge in [-0.15, -0.1) is 0 Å². The minimum atomic E-state index is 0.0366. The zero-order valence-corrected chi connectivity index (χ0v) is 15.2. The second-order valence-electron chi connectivity index (χ2n) is 5.80. The third-order valence-corrected chi connectivity index (χ3v) is 4.01. The van der Waals surface area contributed by atoms with Gasteiger partial charge >= 0.3 is 0 Å². The molecule has 0 bridgehead atoms. The van der Waals surface area contributed by atoms with E-state index in [-0.39, 0.29) is 5.91 Å². The predicted octanol–water partition coefficient (Wildman–Crippen LogP) is 3.09. The van der Waals surface area contributed by atoms with E-state index in [4.69, 9.17) is 14.2 Å². The van der Waals surface area contributed by atoms with Crippen LogP contribution in [0.4, 0.5) is 0 Å². The van der Waals surface area contributed by atoms with Crippen molar-refractivity contribution in [2.75, 3.05) is 34.4 Å². The van der Waals surface area contributed by atoms with Gasteiger partial charge in [-0.05, 0) is 36.2 Å². The van der Waals surface area contributed by atoms with E-state index in [0.29, 0.717) is 31.1 Å². The normalized spacial score (nSPS) is 10.2. The van der Waals surface area contributed by atoms with Crippen LogP contribution in [0.3, 0.4) is 0 Å². The number of nitrogens with zero attached hydrogens (tertiary/aromatic N) is 1. The number of amides is 1. The summed E-state index contributed by atoms with van der Waals surface area (Å²) in [5.41, 5.74) is 1.99. The smallest absolute Gasteiger partial charge is 0.226 e. The molecule has 0 atom stereocenters. The quantitative estimate of drug-likeness (QED) is 0.739. The average Bonchev–Trinajstić information content (AvgIpc) is 2.63. The highest BCUT2D eigenvalue weighted by molar-refractivity contribution is 5.78. The Morgan fingerprint density at radius 1 is 1.00 bits per heavy atom. The van der Waals surface area contributed by atoms with Crippen LogP contribution in [0.2, 0.25) is 0 Å². The van der Waals surface area contributed by atoms with Crippen LogP contribution in [0.25, 0.3) is 0 Å². The monoisotopic (exact) mass is 343 g/mol. The van der Waals surface area contributed by atoms with E-state index in [1.807, 2.05) is 49.4 Å². The molecule has 0 unspecified atom stereocenters. The van der Waals surface area contributed by atoms with Crippen molar-refractivity contribution in [3.63, 3.8) is 0 Å². The molecule has 0 spiro atoms. The number of methoxy groups -OCH3 is 2. The Labute approximate surface area is 149 Å². The molecule has 5 heteroatoms. The summed E-state index contributed by atoms with van der Waals surface area (Å²) in [4.78, 5) is 14.0. The molecule has 2 aromatic carbocycles. The molecule has 25 heavy (non-hydrogen) atoms. The molecule has 134 valence electrons. The number of hydrogen-bond donors (Lipinski definition) is 0. The molecule has 0 radical (unpaired) electrons. The van der Waals surface area contributed by atoms with Gasteiger partial charge in [0.2, 0.25) is 5.91 Å². The molecule has 0 aliphatic carbocycles. The number of ether oxygens (including phenoxy) is 3. The fourth-order valence-corrected chi connectivity index (χ4v) is 2.44. The second-order valence-corrected chi connectivity index (χ2v) is 5.80. The summed E-state index contributed by atoms with van der Waals surface area (Å²) in [6.07, 6.45) is 0.335. The molecule has 1 amide bonds. The van der Waals surface area contributed by atoms with E-state index >= 15 is 0 Å². The van der Waals surface area contributed by atoms with E-state index in [2.05, 4.69) is 0 Å². The van der Waals surface area contributed by atoms with Crippen LogP contribution in [-0.4, -0.2) is 45.2 Å². The highest BCUT2D eigenvalue weighted by Gasteiger charge is 2.11. The van der Waals surface area contributed by atoms with Gasteiger partial charge < -0.3 is 19.1 Å². The average molecular weight is 343 g/mol. The molecule has 0 fully saturated rings. The van der Waals surface area contributed by atoms with Crippen LogP contribution in [0, 0.1) is 6.92 Å². The number of benzene rings is 2. The lowest BCUT2D eigenvalue weighted by Gasteiger charge is -2.18. The van der Waals surface area contributed by atoms with Crippen molar-refractivity contribution < 1.29 is 19.0 Å². The summed E-state index contributed by atoms with van der Waals surface area (Å²) in [5.74, 6) is 2.19. The molecular weight excluding hydrogens is 318 g/mol. The zero-order chi connectivity index (χ0) is 18.2. The van der Waals surface area contributed by atoms with Gasteiger partial charge in [-0.2, -0.15) is 0 Å². The third kappa shape index (κ3) is 5.14. The maximum atomic E-state index is 12.4. The zero-order valence-electron chi connectivity index (χ0n) is 15.2. The summed E-state index contributed by atoms with van der Waals surface area (Å²) in [6, 6.07) is 13.3. The van der Waals surface area contributed by atoms with Crippen molar-refractivity contribution >= 4 is 5.91 Å². The molecule has 2 rings (SSSR count). The standard InChI is InChI=1S/C20H25NO4/c1-15-9-10-16(13-19(15)24-4)14-20(22)21(2)11-12-25-18-8-6-5-7-17(18)23-3/h5-10,13H,11-12,14H2,1-4H3. The van der Waals surface area contributed by atoms with E-state index in [0.717, 1.165) is 16.9 Å².